The third-order valence-electron chi connectivity index (χ3n) is 4.72. The van der Waals surface area contributed by atoms with Gasteiger partial charge in [-0.3, -0.25) is 0 Å². The van der Waals surface area contributed by atoms with E-state index in [2.05, 4.69) is 31.6 Å². The van der Waals surface area contributed by atoms with E-state index in [1.165, 1.54) is 5.56 Å². The molecule has 25 heavy (non-hydrogen) atoms. The third-order valence-corrected chi connectivity index (χ3v) is 4.72. The topological polar surface area (TPSA) is 90.9 Å². The van der Waals surface area contributed by atoms with Crippen molar-refractivity contribution in [2.75, 3.05) is 19.7 Å². The molecule has 2 aromatic heterocycles. The fourth-order valence-corrected chi connectivity index (χ4v) is 3.37. The van der Waals surface area contributed by atoms with E-state index in [1.54, 1.807) is 6.33 Å². The molecule has 1 fully saturated rings. The molecule has 8 nitrogen and oxygen atoms in total. The van der Waals surface area contributed by atoms with Gasteiger partial charge in [-0.2, -0.15) is 4.98 Å². The first-order valence-corrected chi connectivity index (χ1v) is 8.59. The van der Waals surface area contributed by atoms with Crippen molar-refractivity contribution in [3.63, 3.8) is 0 Å². The maximum Gasteiger partial charge on any atom is 0.297 e. The summed E-state index contributed by atoms with van der Waals surface area (Å²) in [7, 11) is 0. The Hall–Kier alpha value is -2.74. The van der Waals surface area contributed by atoms with Gasteiger partial charge in [0.1, 0.15) is 12.1 Å². The molecule has 0 bridgehead atoms. The molecule has 1 N–H and O–H groups in total. The van der Waals surface area contributed by atoms with Gasteiger partial charge >= 0.3 is 0 Å². The van der Waals surface area contributed by atoms with Crippen molar-refractivity contribution < 1.29 is 9.26 Å². The second-order valence-electron chi connectivity index (χ2n) is 6.39. The third kappa shape index (κ3) is 2.68. The van der Waals surface area contributed by atoms with E-state index < -0.39 is 0 Å². The van der Waals surface area contributed by atoms with Crippen LogP contribution < -0.4 is 10.1 Å². The Bertz CT molecular complexity index is 896. The van der Waals surface area contributed by atoms with Gasteiger partial charge in [-0.25, -0.2) is 9.67 Å². The quantitative estimate of drug-likeness (QED) is 0.779. The summed E-state index contributed by atoms with van der Waals surface area (Å²) in [5, 5.41) is 12.0. The highest BCUT2D eigenvalue weighted by molar-refractivity contribution is 5.60. The number of rotatable bonds is 3. The van der Waals surface area contributed by atoms with Crippen LogP contribution in [0.25, 0.3) is 23.1 Å². The average Bonchev–Trinajstić information content (AvgIpc) is 3.40. The number of fused-ring (bicyclic) bond motifs is 1. The molecule has 0 saturated carbocycles. The zero-order valence-corrected chi connectivity index (χ0v) is 13.7. The number of benzene rings is 1. The van der Waals surface area contributed by atoms with E-state index >= 15 is 0 Å². The van der Waals surface area contributed by atoms with Gasteiger partial charge in [0.05, 0.1) is 12.6 Å². The van der Waals surface area contributed by atoms with Crippen molar-refractivity contribution in [1.82, 2.24) is 30.2 Å². The normalized spacial score (nSPS) is 19.6. The Morgan fingerprint density at radius 3 is 3.16 bits per heavy atom. The van der Waals surface area contributed by atoms with E-state index in [0.29, 0.717) is 23.6 Å². The lowest BCUT2D eigenvalue weighted by Gasteiger charge is -2.22. The summed E-state index contributed by atoms with van der Waals surface area (Å²) in [6.07, 6.45) is 4.90. The molecular weight excluding hydrogens is 320 g/mol. The number of hydrogen-bond donors (Lipinski definition) is 1. The monoisotopic (exact) mass is 338 g/mol. The molecule has 0 aliphatic carbocycles. The molecule has 2 aliphatic heterocycles. The Balaban J connectivity index is 1.40. The summed E-state index contributed by atoms with van der Waals surface area (Å²) < 4.78 is 12.8. The molecule has 1 saturated heterocycles. The van der Waals surface area contributed by atoms with E-state index in [4.69, 9.17) is 9.26 Å². The van der Waals surface area contributed by atoms with Gasteiger partial charge < -0.3 is 14.6 Å². The molecule has 1 unspecified atom stereocenters. The smallest absolute Gasteiger partial charge is 0.297 e. The SMILES string of the molecule is c1cc2c(cc1-c1noc(-c3ncn(C4CCCNC4)n3)n1)CCO2. The average molecular weight is 338 g/mol. The van der Waals surface area contributed by atoms with Crippen LogP contribution in [0.4, 0.5) is 0 Å². The van der Waals surface area contributed by atoms with Crippen molar-refractivity contribution in [1.29, 1.82) is 0 Å². The summed E-state index contributed by atoms with van der Waals surface area (Å²) in [5.41, 5.74) is 2.09. The van der Waals surface area contributed by atoms with Crippen molar-refractivity contribution in [3.8, 4) is 28.9 Å². The highest BCUT2D eigenvalue weighted by atomic mass is 16.5. The van der Waals surface area contributed by atoms with Crippen LogP contribution in [0.1, 0.15) is 24.4 Å². The van der Waals surface area contributed by atoms with Gasteiger partial charge in [-0.15, -0.1) is 5.10 Å². The Labute approximate surface area is 144 Å². The number of piperidine rings is 1. The van der Waals surface area contributed by atoms with Crippen LogP contribution in [0.3, 0.4) is 0 Å². The predicted octanol–water partition coefficient (Wildman–Crippen LogP) is 1.85. The standard InChI is InChI=1S/C17H18N6O2/c1-2-13(9-18-6-1)23-10-19-16(21-23)17-20-15(22-25-17)12-3-4-14-11(8-12)5-7-24-14/h3-4,8,10,13,18H,1-2,5-7,9H2. The van der Waals surface area contributed by atoms with Crippen LogP contribution in [0, 0.1) is 0 Å². The molecule has 3 aromatic rings. The number of ether oxygens (including phenoxy) is 1. The zero-order chi connectivity index (χ0) is 16.6. The first kappa shape index (κ1) is 14.6. The molecule has 1 atom stereocenters. The first-order chi connectivity index (χ1) is 12.4. The summed E-state index contributed by atoms with van der Waals surface area (Å²) in [6.45, 7) is 2.71. The van der Waals surface area contributed by atoms with Crippen LogP contribution in [0.15, 0.2) is 29.0 Å². The van der Waals surface area contributed by atoms with Crippen molar-refractivity contribution >= 4 is 0 Å². The molecule has 1 aromatic carbocycles. The second kappa shape index (κ2) is 5.96. The molecule has 4 heterocycles. The molecule has 8 heteroatoms. The number of nitrogens with zero attached hydrogens (tertiary/aromatic N) is 5. The predicted molar refractivity (Wildman–Crippen MR) is 89.1 cm³/mol. The molecular formula is C17H18N6O2. The maximum absolute atomic E-state index is 5.53. The summed E-state index contributed by atoms with van der Waals surface area (Å²) in [6, 6.07) is 6.28. The second-order valence-corrected chi connectivity index (χ2v) is 6.39. The van der Waals surface area contributed by atoms with Crippen molar-refractivity contribution in [3.05, 3.63) is 30.1 Å². The minimum absolute atomic E-state index is 0.328. The van der Waals surface area contributed by atoms with Crippen LogP contribution in [0.5, 0.6) is 5.75 Å². The lowest BCUT2D eigenvalue weighted by molar-refractivity contribution is 0.345. The number of nitrogens with one attached hydrogen (secondary N) is 1. The van der Waals surface area contributed by atoms with Crippen molar-refractivity contribution in [2.24, 2.45) is 0 Å². The summed E-state index contributed by atoms with van der Waals surface area (Å²) in [4.78, 5) is 8.80. The minimum atomic E-state index is 0.328. The van der Waals surface area contributed by atoms with Crippen LogP contribution in [-0.4, -0.2) is 44.6 Å². The summed E-state index contributed by atoms with van der Waals surface area (Å²) >= 11 is 0. The Morgan fingerprint density at radius 2 is 2.24 bits per heavy atom. The van der Waals surface area contributed by atoms with E-state index in [-0.39, 0.29) is 0 Å². The van der Waals surface area contributed by atoms with E-state index in [9.17, 15) is 0 Å². The molecule has 0 spiro atoms. The number of hydrogen-bond acceptors (Lipinski definition) is 7. The highest BCUT2D eigenvalue weighted by Crippen LogP contribution is 2.30. The molecule has 2 aliphatic rings. The van der Waals surface area contributed by atoms with Gasteiger partial charge in [0.25, 0.3) is 5.89 Å². The van der Waals surface area contributed by atoms with E-state index in [0.717, 1.165) is 50.3 Å². The van der Waals surface area contributed by atoms with Crippen molar-refractivity contribution in [2.45, 2.75) is 25.3 Å². The molecule has 5 rings (SSSR count). The summed E-state index contributed by atoms with van der Waals surface area (Å²) in [5.74, 6) is 2.29. The lowest BCUT2D eigenvalue weighted by Crippen LogP contribution is -2.31. The Kier molecular flexibility index (Phi) is 3.48. The largest absolute Gasteiger partial charge is 0.493 e. The Morgan fingerprint density at radius 1 is 1.24 bits per heavy atom. The highest BCUT2D eigenvalue weighted by Gasteiger charge is 2.20. The van der Waals surface area contributed by atoms with Gasteiger partial charge in [-0.1, -0.05) is 5.16 Å². The zero-order valence-electron chi connectivity index (χ0n) is 13.7. The van der Waals surface area contributed by atoms with Gasteiger partial charge in [0.2, 0.25) is 11.6 Å². The fraction of sp³-hybridized carbons (Fsp3) is 0.412. The van der Waals surface area contributed by atoms with Gasteiger partial charge in [0.15, 0.2) is 0 Å². The van der Waals surface area contributed by atoms with E-state index in [1.807, 2.05) is 16.8 Å². The van der Waals surface area contributed by atoms with Crippen LogP contribution in [-0.2, 0) is 6.42 Å². The fourth-order valence-electron chi connectivity index (χ4n) is 3.37. The van der Waals surface area contributed by atoms with Gasteiger partial charge in [-0.05, 0) is 43.1 Å². The first-order valence-electron chi connectivity index (χ1n) is 8.59. The maximum atomic E-state index is 5.53. The van der Waals surface area contributed by atoms with Crippen LogP contribution in [0.2, 0.25) is 0 Å². The molecule has 0 radical (unpaired) electrons. The molecule has 128 valence electrons. The number of aromatic nitrogens is 5. The van der Waals surface area contributed by atoms with Crippen LogP contribution >= 0.6 is 0 Å². The lowest BCUT2D eigenvalue weighted by atomic mass is 10.1. The van der Waals surface area contributed by atoms with Gasteiger partial charge in [0, 0.05) is 18.5 Å². The minimum Gasteiger partial charge on any atom is -0.493 e. The molecule has 0 amide bonds.